The second kappa shape index (κ2) is 11.4. The van der Waals surface area contributed by atoms with Gasteiger partial charge in [-0.05, 0) is 95.4 Å². The van der Waals surface area contributed by atoms with Crippen molar-refractivity contribution in [2.75, 3.05) is 0 Å². The van der Waals surface area contributed by atoms with Gasteiger partial charge in [0, 0.05) is 49.0 Å². The van der Waals surface area contributed by atoms with Gasteiger partial charge in [0.05, 0.1) is 26.2 Å². The first-order chi connectivity index (χ1) is 21.6. The summed E-state index contributed by atoms with van der Waals surface area (Å²) in [6.07, 6.45) is 13.3. The third-order valence-electron chi connectivity index (χ3n) is 9.47. The molecular formula is C34H32BrClN6O3. The first-order valence-electron chi connectivity index (χ1n) is 15.2. The minimum atomic E-state index is -1.03. The van der Waals surface area contributed by atoms with Crippen LogP contribution < -0.4 is 5.32 Å². The third kappa shape index (κ3) is 5.13. The molecule has 0 bridgehead atoms. The topological polar surface area (TPSA) is 115 Å². The molecule has 7 rings (SSSR count). The van der Waals surface area contributed by atoms with Crippen molar-refractivity contribution in [1.29, 1.82) is 0 Å². The molecular weight excluding hydrogens is 656 g/mol. The normalized spacial score (nSPS) is 16.5. The number of aryl methyl sites for hydroxylation is 2. The zero-order valence-corrected chi connectivity index (χ0v) is 27.3. The molecule has 9 nitrogen and oxygen atoms in total. The van der Waals surface area contributed by atoms with Crippen molar-refractivity contribution in [3.05, 3.63) is 80.8 Å². The fourth-order valence-corrected chi connectivity index (χ4v) is 7.59. The Bertz CT molecular complexity index is 2020. The second-order valence-corrected chi connectivity index (χ2v) is 13.5. The van der Waals surface area contributed by atoms with Crippen molar-refractivity contribution in [2.24, 2.45) is 14.1 Å². The van der Waals surface area contributed by atoms with E-state index < -0.39 is 11.5 Å². The van der Waals surface area contributed by atoms with Gasteiger partial charge in [-0.1, -0.05) is 30.5 Å². The monoisotopic (exact) mass is 686 g/mol. The predicted molar refractivity (Wildman–Crippen MR) is 178 cm³/mol. The number of benzene rings is 2. The Morgan fingerprint density at radius 3 is 2.44 bits per heavy atom. The van der Waals surface area contributed by atoms with E-state index in [9.17, 15) is 9.59 Å². The number of hydrogen-bond acceptors (Lipinski definition) is 5. The number of aliphatic carboxylic acids is 1. The number of carboxylic acids is 1. The SMILES string of the molecule is Cn1c(-c2ncc(Br)cn2)c(C2CCCC2)c2ccc(C(=O)NC3(c4nc5c(Cl)cc(/C=C/C(=O)O)cc5n4C)CCC3)cc21. The molecule has 1 amide bonds. The summed E-state index contributed by atoms with van der Waals surface area (Å²) in [7, 11) is 3.93. The van der Waals surface area contributed by atoms with Crippen LogP contribution in [0, 0.1) is 0 Å². The Balaban J connectivity index is 1.26. The Labute approximate surface area is 273 Å². The maximum Gasteiger partial charge on any atom is 0.328 e. The van der Waals surface area contributed by atoms with Crippen LogP contribution in [0.1, 0.15) is 78.2 Å². The lowest BCUT2D eigenvalue weighted by Gasteiger charge is -2.41. The molecule has 2 N–H and O–H groups in total. The van der Waals surface area contributed by atoms with Gasteiger partial charge >= 0.3 is 5.97 Å². The van der Waals surface area contributed by atoms with Gasteiger partial charge in [-0.2, -0.15) is 0 Å². The lowest BCUT2D eigenvalue weighted by molar-refractivity contribution is -0.131. The summed E-state index contributed by atoms with van der Waals surface area (Å²) in [5, 5.41) is 14.0. The Kier molecular flexibility index (Phi) is 7.52. The quantitative estimate of drug-likeness (QED) is 0.171. The van der Waals surface area contributed by atoms with Gasteiger partial charge in [-0.3, -0.25) is 4.79 Å². The van der Waals surface area contributed by atoms with Crippen molar-refractivity contribution in [1.82, 2.24) is 29.4 Å². The number of imidazole rings is 1. The number of carboxylic acid groups (broad SMARTS) is 1. The van der Waals surface area contributed by atoms with Crippen molar-refractivity contribution in [2.45, 2.75) is 56.4 Å². The number of fused-ring (bicyclic) bond motifs is 2. The summed E-state index contributed by atoms with van der Waals surface area (Å²) in [4.78, 5) is 39.2. The third-order valence-corrected chi connectivity index (χ3v) is 10.2. The van der Waals surface area contributed by atoms with Crippen LogP contribution in [0.2, 0.25) is 5.02 Å². The molecule has 0 aliphatic heterocycles. The number of hydrogen-bond donors (Lipinski definition) is 2. The number of amides is 1. The molecule has 2 aromatic carbocycles. The number of halogens is 2. The van der Waals surface area contributed by atoms with Gasteiger partial charge < -0.3 is 19.6 Å². The molecule has 11 heteroatoms. The average Bonchev–Trinajstić information content (AvgIpc) is 3.72. The van der Waals surface area contributed by atoms with Crippen LogP contribution in [0.15, 0.2) is 53.3 Å². The molecule has 2 fully saturated rings. The summed E-state index contributed by atoms with van der Waals surface area (Å²) >= 11 is 10.1. The number of aromatic nitrogens is 5. The lowest BCUT2D eigenvalue weighted by Crippen LogP contribution is -2.52. The molecule has 2 saturated carbocycles. The van der Waals surface area contributed by atoms with Gasteiger partial charge in [0.1, 0.15) is 11.3 Å². The van der Waals surface area contributed by atoms with Crippen LogP contribution >= 0.6 is 27.5 Å². The van der Waals surface area contributed by atoms with Crippen LogP contribution in [0.5, 0.6) is 0 Å². The van der Waals surface area contributed by atoms with Crippen LogP contribution in [-0.4, -0.2) is 41.1 Å². The van der Waals surface area contributed by atoms with E-state index in [4.69, 9.17) is 21.7 Å². The molecule has 3 heterocycles. The first kappa shape index (κ1) is 29.7. The van der Waals surface area contributed by atoms with Crippen molar-refractivity contribution < 1.29 is 14.7 Å². The van der Waals surface area contributed by atoms with E-state index in [0.717, 1.165) is 70.6 Å². The summed E-state index contributed by atoms with van der Waals surface area (Å²) in [5.41, 5.74) is 5.25. The minimum absolute atomic E-state index is 0.162. The van der Waals surface area contributed by atoms with Gasteiger partial charge in [0.2, 0.25) is 0 Å². The Morgan fingerprint density at radius 1 is 1.04 bits per heavy atom. The van der Waals surface area contributed by atoms with Gasteiger partial charge in [-0.15, -0.1) is 0 Å². The largest absolute Gasteiger partial charge is 0.478 e. The summed E-state index contributed by atoms with van der Waals surface area (Å²) in [6, 6.07) is 9.54. The van der Waals surface area contributed by atoms with Gasteiger partial charge in [0.15, 0.2) is 5.82 Å². The number of carbonyl (C=O) groups is 2. The summed E-state index contributed by atoms with van der Waals surface area (Å²) in [5.74, 6) is 0.648. The van der Waals surface area contributed by atoms with E-state index in [1.165, 1.54) is 24.5 Å². The van der Waals surface area contributed by atoms with E-state index in [-0.39, 0.29) is 5.91 Å². The van der Waals surface area contributed by atoms with E-state index in [2.05, 4.69) is 41.8 Å². The molecule has 0 atom stereocenters. The standard InChI is InChI=1S/C34H32BrClN6O3/c1-41-25-16-21(9-10-23(25)28(20-6-3-4-7-20)30(41)31-37-17-22(35)18-38-31)32(45)40-34(12-5-13-34)33-39-29-24(36)14-19(8-11-27(43)44)15-26(29)42(33)2/h8-11,14-18,20H,3-7,12-13H2,1-2H3,(H,40,45)(H,43,44)/b11-8+. The van der Waals surface area contributed by atoms with Gasteiger partial charge in [0.25, 0.3) is 5.91 Å². The van der Waals surface area contributed by atoms with E-state index in [0.29, 0.717) is 33.4 Å². The van der Waals surface area contributed by atoms with Crippen molar-refractivity contribution >= 4 is 67.4 Å². The highest BCUT2D eigenvalue weighted by atomic mass is 79.9. The number of rotatable bonds is 7. The fraction of sp³-hybridized carbons (Fsp3) is 0.324. The maximum atomic E-state index is 14.0. The number of carbonyl (C=O) groups excluding carboxylic acids is 1. The van der Waals surface area contributed by atoms with Crippen LogP contribution in [-0.2, 0) is 24.4 Å². The average molecular weight is 688 g/mol. The molecule has 0 unspecified atom stereocenters. The zero-order valence-electron chi connectivity index (χ0n) is 25.0. The zero-order chi connectivity index (χ0) is 31.5. The summed E-state index contributed by atoms with van der Waals surface area (Å²) in [6.45, 7) is 0. The molecule has 0 spiro atoms. The minimum Gasteiger partial charge on any atom is -0.478 e. The molecule has 0 saturated heterocycles. The van der Waals surface area contributed by atoms with E-state index in [1.54, 1.807) is 18.5 Å². The fourth-order valence-electron chi connectivity index (χ4n) is 7.12. The molecule has 230 valence electrons. The summed E-state index contributed by atoms with van der Waals surface area (Å²) < 4.78 is 4.92. The second-order valence-electron chi connectivity index (χ2n) is 12.2. The molecule has 45 heavy (non-hydrogen) atoms. The smallest absolute Gasteiger partial charge is 0.328 e. The molecule has 5 aromatic rings. The Hall–Kier alpha value is -4.02. The highest BCUT2D eigenvalue weighted by molar-refractivity contribution is 9.10. The first-order valence-corrected chi connectivity index (χ1v) is 16.3. The lowest BCUT2D eigenvalue weighted by atomic mass is 9.75. The number of nitrogens with one attached hydrogen (secondary N) is 1. The van der Waals surface area contributed by atoms with E-state index >= 15 is 0 Å². The molecule has 2 aliphatic rings. The van der Waals surface area contributed by atoms with Crippen molar-refractivity contribution in [3.8, 4) is 11.5 Å². The van der Waals surface area contributed by atoms with E-state index in [1.807, 2.05) is 36.9 Å². The Morgan fingerprint density at radius 2 is 1.78 bits per heavy atom. The molecule has 0 radical (unpaired) electrons. The predicted octanol–water partition coefficient (Wildman–Crippen LogP) is 7.50. The van der Waals surface area contributed by atoms with Crippen LogP contribution in [0.4, 0.5) is 0 Å². The maximum absolute atomic E-state index is 14.0. The van der Waals surface area contributed by atoms with Crippen molar-refractivity contribution in [3.63, 3.8) is 0 Å². The highest BCUT2D eigenvalue weighted by Gasteiger charge is 2.44. The number of nitrogens with zero attached hydrogens (tertiary/aromatic N) is 5. The van der Waals surface area contributed by atoms with Gasteiger partial charge in [-0.25, -0.2) is 19.7 Å². The molecule has 2 aliphatic carbocycles. The van der Waals surface area contributed by atoms with Crippen LogP contribution in [0.3, 0.4) is 0 Å². The molecule has 3 aromatic heterocycles. The van der Waals surface area contributed by atoms with Crippen LogP contribution in [0.25, 0.3) is 39.5 Å². The highest BCUT2D eigenvalue weighted by Crippen LogP contribution is 2.45.